The molecule has 16 nitrogen and oxygen atoms in total. The largest absolute Gasteiger partial charge is 0.457 e. The summed E-state index contributed by atoms with van der Waals surface area (Å²) in [5.41, 5.74) is 7.24. The molecule has 116 heavy (non-hydrogen) atoms. The van der Waals surface area contributed by atoms with Crippen molar-refractivity contribution < 1.29 is 56.5 Å². The van der Waals surface area contributed by atoms with Gasteiger partial charge < -0.3 is 38.4 Å². The molecule has 2 aliphatic rings. The Hall–Kier alpha value is -14.4. The molecular formula is C100H76N4O12. The second-order valence-electron chi connectivity index (χ2n) is 31.1. The van der Waals surface area contributed by atoms with Crippen molar-refractivity contribution in [2.75, 3.05) is 10.6 Å². The van der Waals surface area contributed by atoms with Crippen molar-refractivity contribution in [2.24, 2.45) is 0 Å². The number of amides is 6. The number of para-hydroxylation sites is 4. The van der Waals surface area contributed by atoms with Crippen molar-refractivity contribution in [3.05, 3.63) is 323 Å². The van der Waals surface area contributed by atoms with E-state index >= 15 is 28.8 Å². The minimum Gasteiger partial charge on any atom is -0.457 e. The van der Waals surface area contributed by atoms with E-state index in [9.17, 15) is 0 Å². The summed E-state index contributed by atoms with van der Waals surface area (Å²) in [7, 11) is 0. The predicted molar refractivity (Wildman–Crippen MR) is 454 cm³/mol. The lowest BCUT2D eigenvalue weighted by Crippen LogP contribution is -2.47. The third kappa shape index (κ3) is 12.0. The van der Waals surface area contributed by atoms with Crippen LogP contribution in [0.25, 0.3) is 87.0 Å². The van der Waals surface area contributed by atoms with Crippen molar-refractivity contribution in [1.29, 1.82) is 0 Å². The second-order valence-corrected chi connectivity index (χ2v) is 31.1. The summed E-state index contributed by atoms with van der Waals surface area (Å²) in [4.78, 5) is 102. The standard InChI is InChI=1S/C100H76N4O12/c1-53(2)57-33-41-63(42-34-57)111-79-49-71-83-72(98(108)103(97(71)107)91(61-21-11-9-12-22-61)95(105)101-75-29-19-27-69-67-25-15-17-31-77(67)115-93(69)75)51-81(113-65-45-37-59(38-46-65)55(5)6)87-88-82(114-66-47-39-60(40-48-66)56(7)8)52-74-84-73(50-80(86(90(84)88)85(79)89(83)87)112-64-43-35-58(36-44-64)54(3)4)99(109)104(100(74)110)92(62-23-13-10-14-24-62)96(106)102-76-30-20-28-70-68-26-16-18-32-78(68)116-94(70)76/h9-56,91-92H,1-8H3,(H,101,105)(H,102,106). The van der Waals surface area contributed by atoms with Crippen LogP contribution >= 0.6 is 0 Å². The van der Waals surface area contributed by atoms with E-state index in [2.05, 4.69) is 66.0 Å². The minimum atomic E-state index is -1.62. The number of benzene rings is 15. The number of rotatable bonds is 20. The van der Waals surface area contributed by atoms with Crippen LogP contribution in [0.5, 0.6) is 46.0 Å². The molecule has 0 saturated heterocycles. The Bertz CT molecular complexity index is 6260. The zero-order chi connectivity index (χ0) is 79.6. The topological polar surface area (TPSA) is 196 Å². The molecule has 16 heteroatoms. The van der Waals surface area contributed by atoms with E-state index in [1.54, 1.807) is 97.1 Å². The summed E-state index contributed by atoms with van der Waals surface area (Å²) in [6.07, 6.45) is 0. The highest BCUT2D eigenvalue weighted by Gasteiger charge is 2.47. The van der Waals surface area contributed by atoms with E-state index in [1.807, 2.05) is 170 Å². The molecule has 6 amide bonds. The fourth-order valence-electron chi connectivity index (χ4n) is 16.7. The van der Waals surface area contributed by atoms with Crippen LogP contribution in [0.3, 0.4) is 0 Å². The van der Waals surface area contributed by atoms with E-state index in [0.29, 0.717) is 67.8 Å². The van der Waals surface area contributed by atoms with E-state index in [1.165, 1.54) is 0 Å². The lowest BCUT2D eigenvalue weighted by molar-refractivity contribution is -0.120. The van der Waals surface area contributed by atoms with Gasteiger partial charge in [0.1, 0.15) is 69.2 Å². The maximum atomic E-state index is 16.9. The van der Waals surface area contributed by atoms with Gasteiger partial charge >= 0.3 is 0 Å². The monoisotopic (exact) mass is 1520 g/mol. The first kappa shape index (κ1) is 71.9. The average Bonchev–Trinajstić information content (AvgIpc) is 0.872. The smallest absolute Gasteiger partial charge is 0.262 e. The van der Waals surface area contributed by atoms with Crippen LogP contribution in [0.4, 0.5) is 11.4 Å². The fraction of sp³-hybridized carbons (Fsp3) is 0.140. The van der Waals surface area contributed by atoms with Gasteiger partial charge in [-0.1, -0.05) is 225 Å². The molecule has 2 N–H and O–H groups in total. The third-order valence-corrected chi connectivity index (χ3v) is 22.6. The number of carbonyl (C=O) groups is 6. The van der Waals surface area contributed by atoms with Gasteiger partial charge in [0.2, 0.25) is 0 Å². The van der Waals surface area contributed by atoms with Crippen molar-refractivity contribution >= 4 is 134 Å². The number of anilines is 2. The van der Waals surface area contributed by atoms with Gasteiger partial charge in [-0.25, -0.2) is 0 Å². The highest BCUT2D eigenvalue weighted by molar-refractivity contribution is 6.45. The van der Waals surface area contributed by atoms with Gasteiger partial charge in [-0.15, -0.1) is 0 Å². The molecule has 0 fully saturated rings. The number of imide groups is 2. The number of nitrogens with one attached hydrogen (secondary N) is 2. The molecule has 17 aromatic rings. The quantitative estimate of drug-likeness (QED) is 0.0417. The molecule has 0 spiro atoms. The first-order valence-electron chi connectivity index (χ1n) is 39.1. The lowest BCUT2D eigenvalue weighted by Gasteiger charge is -2.36. The Kier molecular flexibility index (Phi) is 17.6. The Labute approximate surface area is 666 Å². The number of carbonyl (C=O) groups excluding carboxylic acids is 6. The normalized spacial score (nSPS) is 13.5. The Morgan fingerprint density at radius 1 is 0.284 bits per heavy atom. The molecule has 2 aliphatic heterocycles. The zero-order valence-electron chi connectivity index (χ0n) is 64.7. The van der Waals surface area contributed by atoms with Gasteiger partial charge in [0.05, 0.1) is 33.6 Å². The van der Waals surface area contributed by atoms with Crippen molar-refractivity contribution in [3.8, 4) is 46.0 Å². The fourth-order valence-corrected chi connectivity index (χ4v) is 16.7. The first-order chi connectivity index (χ1) is 56.3. The van der Waals surface area contributed by atoms with Gasteiger partial charge in [0.15, 0.2) is 11.2 Å². The zero-order valence-corrected chi connectivity index (χ0v) is 64.7. The Morgan fingerprint density at radius 3 is 0.836 bits per heavy atom. The maximum absolute atomic E-state index is 16.9. The van der Waals surface area contributed by atoms with Crippen LogP contribution in [0.1, 0.15) is 166 Å². The van der Waals surface area contributed by atoms with E-state index < -0.39 is 47.5 Å². The second kappa shape index (κ2) is 28.4. The summed E-state index contributed by atoms with van der Waals surface area (Å²) in [6.45, 7) is 16.7. The molecule has 0 aliphatic carbocycles. The molecule has 0 saturated carbocycles. The number of hydrogen-bond donors (Lipinski definition) is 2. The summed E-state index contributed by atoms with van der Waals surface area (Å²) in [6, 6.07) is 77.0. The molecule has 568 valence electrons. The summed E-state index contributed by atoms with van der Waals surface area (Å²) < 4.78 is 42.6. The van der Waals surface area contributed by atoms with Crippen LogP contribution in [-0.4, -0.2) is 45.2 Å². The van der Waals surface area contributed by atoms with Crippen LogP contribution < -0.4 is 29.6 Å². The van der Waals surface area contributed by atoms with Crippen molar-refractivity contribution in [2.45, 2.75) is 91.1 Å². The maximum Gasteiger partial charge on any atom is 0.262 e. The first-order valence-corrected chi connectivity index (χ1v) is 39.1. The molecular weight excluding hydrogens is 1450 g/mol. The molecule has 2 atom stereocenters. The van der Waals surface area contributed by atoms with Crippen molar-refractivity contribution in [1.82, 2.24) is 9.80 Å². The molecule has 15 aromatic carbocycles. The van der Waals surface area contributed by atoms with Crippen LogP contribution in [-0.2, 0) is 9.59 Å². The van der Waals surface area contributed by atoms with Gasteiger partial charge in [0.25, 0.3) is 35.4 Å². The molecule has 0 bridgehead atoms. The summed E-state index contributed by atoms with van der Waals surface area (Å²) in [5.74, 6) is -2.59. The third-order valence-electron chi connectivity index (χ3n) is 22.6. The van der Waals surface area contributed by atoms with Crippen LogP contribution in [0.2, 0.25) is 0 Å². The van der Waals surface area contributed by atoms with Crippen molar-refractivity contribution in [3.63, 3.8) is 0 Å². The van der Waals surface area contributed by atoms with Gasteiger partial charge in [0, 0.05) is 64.6 Å². The molecule has 4 heterocycles. The number of ether oxygens (including phenoxy) is 4. The predicted octanol–water partition coefficient (Wildman–Crippen LogP) is 25.2. The Balaban J connectivity index is 0.916. The minimum absolute atomic E-state index is 0.0234. The molecule has 0 radical (unpaired) electrons. The molecule has 2 unspecified atom stereocenters. The SMILES string of the molecule is CC(C)c1ccc(Oc2cc3c4c(cc(Oc5ccc(C(C)C)cc5)c5c6c(Oc7ccc(C(C)C)cc7)cc7c8c(cc(Oc9ccc(C(C)C)cc9)c(c2c45)c86)C(=O)N(C(C(=O)Nc2cccc4c2oc2ccccc24)c2ccccc2)C7=O)C(=O)N(C(C(=O)Nc2cccc4c2oc2ccccc24)c2ccccc2)C3=O)cc1. The number of fused-ring (bicyclic) bond motifs is 8. The van der Waals surface area contributed by atoms with Crippen LogP contribution in [0, 0.1) is 0 Å². The highest BCUT2D eigenvalue weighted by atomic mass is 16.5. The van der Waals surface area contributed by atoms with Gasteiger partial charge in [-0.2, -0.15) is 0 Å². The number of furan rings is 2. The van der Waals surface area contributed by atoms with E-state index in [-0.39, 0.29) is 112 Å². The average molecular weight is 1530 g/mol. The summed E-state index contributed by atoms with van der Waals surface area (Å²) in [5, 5.41) is 11.3. The Morgan fingerprint density at radius 2 is 0.552 bits per heavy atom. The highest BCUT2D eigenvalue weighted by Crippen LogP contribution is 2.59. The summed E-state index contributed by atoms with van der Waals surface area (Å²) >= 11 is 0. The van der Waals surface area contributed by atoms with E-state index in [4.69, 9.17) is 27.8 Å². The van der Waals surface area contributed by atoms with E-state index in [0.717, 1.165) is 53.6 Å². The van der Waals surface area contributed by atoms with Crippen LogP contribution in [0.15, 0.2) is 276 Å². The molecule has 19 rings (SSSR count). The van der Waals surface area contributed by atoms with Gasteiger partial charge in [-0.3, -0.25) is 38.6 Å². The number of hydrogen-bond acceptors (Lipinski definition) is 12. The molecule has 2 aromatic heterocycles. The lowest BCUT2D eigenvalue weighted by atomic mass is 9.80. The number of nitrogens with zero attached hydrogens (tertiary/aromatic N) is 2. The van der Waals surface area contributed by atoms with Gasteiger partial charge in [-0.05, 0) is 154 Å².